The molecule has 1 aliphatic heterocycles. The van der Waals surface area contributed by atoms with Crippen molar-refractivity contribution in [2.24, 2.45) is 5.41 Å². The second-order valence-corrected chi connectivity index (χ2v) is 6.65. The van der Waals surface area contributed by atoms with Crippen molar-refractivity contribution in [3.8, 4) is 12.3 Å². The maximum absolute atomic E-state index is 9.66. The van der Waals surface area contributed by atoms with E-state index in [1.165, 1.54) is 0 Å². The van der Waals surface area contributed by atoms with Gasteiger partial charge in [-0.05, 0) is 0 Å². The summed E-state index contributed by atoms with van der Waals surface area (Å²) in [5, 5.41) is 0. The van der Waals surface area contributed by atoms with Crippen LogP contribution in [0.25, 0.3) is 0 Å². The predicted molar refractivity (Wildman–Crippen MR) is 48.8 cm³/mol. The van der Waals surface area contributed by atoms with E-state index in [9.17, 15) is 4.89 Å². The summed E-state index contributed by atoms with van der Waals surface area (Å²) in [4.78, 5) is 9.66. The fourth-order valence-corrected chi connectivity index (χ4v) is 3.85. The molecule has 1 unspecified atom stereocenters. The summed E-state index contributed by atoms with van der Waals surface area (Å²) in [5.74, 6) is 2.73. The van der Waals surface area contributed by atoms with Crippen molar-refractivity contribution in [1.82, 2.24) is 0 Å². The third-order valence-corrected chi connectivity index (χ3v) is 4.40. The monoisotopic (exact) mass is 174 g/mol. The Morgan fingerprint density at radius 2 is 2.36 bits per heavy atom. The van der Waals surface area contributed by atoms with Gasteiger partial charge in [-0.15, -0.1) is 0 Å². The van der Waals surface area contributed by atoms with Crippen LogP contribution in [0.3, 0.4) is 0 Å². The van der Waals surface area contributed by atoms with Gasteiger partial charge in [0.25, 0.3) is 0 Å². The van der Waals surface area contributed by atoms with Crippen LogP contribution in [0.2, 0.25) is 0 Å². The van der Waals surface area contributed by atoms with Crippen molar-refractivity contribution in [3.63, 3.8) is 0 Å². The van der Waals surface area contributed by atoms with Gasteiger partial charge in [-0.3, -0.25) is 0 Å². The fourth-order valence-electron chi connectivity index (χ4n) is 1.48. The van der Waals surface area contributed by atoms with E-state index in [-0.39, 0.29) is 5.41 Å². The summed E-state index contributed by atoms with van der Waals surface area (Å²) < 4.78 is 5.26. The van der Waals surface area contributed by atoms with Crippen LogP contribution in [0.5, 0.6) is 0 Å². The van der Waals surface area contributed by atoms with E-state index in [1.54, 1.807) is 6.66 Å². The summed E-state index contributed by atoms with van der Waals surface area (Å²) in [6, 6.07) is 0. The molecule has 0 radical (unpaired) electrons. The third-order valence-electron chi connectivity index (χ3n) is 2.13. The molecule has 1 fully saturated rings. The second kappa shape index (κ2) is 2.75. The molecule has 11 heavy (non-hydrogen) atoms. The molecule has 0 spiro atoms. The Bertz CT molecular complexity index is 195. The molecule has 0 aromatic rings. The molecule has 1 aliphatic rings. The van der Waals surface area contributed by atoms with Crippen LogP contribution in [-0.4, -0.2) is 24.3 Å². The van der Waals surface area contributed by atoms with Crippen LogP contribution < -0.4 is 0 Å². The molecule has 2 nitrogen and oxygen atoms in total. The van der Waals surface area contributed by atoms with Gasteiger partial charge in [-0.1, -0.05) is 0 Å². The molecule has 0 aliphatic carbocycles. The first-order valence-electron chi connectivity index (χ1n) is 3.82. The molecule has 0 amide bonds. The molecule has 1 atom stereocenters. The van der Waals surface area contributed by atoms with Crippen molar-refractivity contribution >= 4 is 7.72 Å². The fraction of sp³-hybridized carbons (Fsp3) is 0.750. The van der Waals surface area contributed by atoms with Crippen LogP contribution in [0, 0.1) is 17.8 Å². The summed E-state index contributed by atoms with van der Waals surface area (Å²) in [7, 11) is -2.39. The molecular formula is C8H15O2P. The summed E-state index contributed by atoms with van der Waals surface area (Å²) in [6.07, 6.45) is 6.90. The molecular weight excluding hydrogens is 159 g/mol. The van der Waals surface area contributed by atoms with Crippen LogP contribution in [0.1, 0.15) is 13.3 Å². The Morgan fingerprint density at radius 3 is 2.73 bits per heavy atom. The van der Waals surface area contributed by atoms with Gasteiger partial charge in [0.2, 0.25) is 0 Å². The van der Waals surface area contributed by atoms with Gasteiger partial charge in [-0.25, -0.2) is 0 Å². The van der Waals surface area contributed by atoms with E-state index < -0.39 is 7.72 Å². The summed E-state index contributed by atoms with van der Waals surface area (Å²) in [6.45, 7) is 4.42. The van der Waals surface area contributed by atoms with E-state index in [4.69, 9.17) is 10.9 Å². The first-order valence-corrected chi connectivity index (χ1v) is 6.38. The quantitative estimate of drug-likeness (QED) is 0.442. The van der Waals surface area contributed by atoms with Crippen LogP contribution in [0.4, 0.5) is 0 Å². The topological polar surface area (TPSA) is 29.5 Å². The number of hydrogen-bond acceptors (Lipinski definition) is 2. The SMILES string of the molecule is C#CC1(C)CCO[PH](C)(O)C1. The first-order chi connectivity index (χ1) is 4.97. The van der Waals surface area contributed by atoms with Crippen molar-refractivity contribution in [2.75, 3.05) is 19.4 Å². The molecule has 0 aromatic heterocycles. The van der Waals surface area contributed by atoms with Gasteiger partial charge in [-0.2, -0.15) is 0 Å². The molecule has 64 valence electrons. The molecule has 0 saturated carbocycles. The van der Waals surface area contributed by atoms with Crippen molar-refractivity contribution in [1.29, 1.82) is 0 Å². The zero-order valence-corrected chi connectivity index (χ0v) is 8.05. The molecule has 0 bridgehead atoms. The molecule has 1 N–H and O–H groups in total. The molecule has 1 heterocycles. The zero-order valence-electron chi connectivity index (χ0n) is 7.05. The van der Waals surface area contributed by atoms with Gasteiger partial charge >= 0.3 is 67.7 Å². The molecule has 3 heteroatoms. The minimum atomic E-state index is -2.39. The van der Waals surface area contributed by atoms with E-state index >= 15 is 0 Å². The summed E-state index contributed by atoms with van der Waals surface area (Å²) in [5.41, 5.74) is -0.131. The average molecular weight is 174 g/mol. The standard InChI is InChI=1S/C8H15O2P/c1-4-8(2)5-6-10-11(3,9)7-8/h1,9,11H,5-7H2,2-3H3. The third kappa shape index (κ3) is 2.17. The normalized spacial score (nSPS) is 39.1. The molecule has 1 rings (SSSR count). The van der Waals surface area contributed by atoms with E-state index in [0.29, 0.717) is 12.8 Å². The Labute approximate surface area is 68.5 Å². The van der Waals surface area contributed by atoms with Gasteiger partial charge in [0.1, 0.15) is 0 Å². The molecule has 1 saturated heterocycles. The number of hydrogen-bond donors (Lipinski definition) is 1. The Morgan fingerprint density at radius 1 is 1.73 bits per heavy atom. The minimum absolute atomic E-state index is 0.131. The Kier molecular flexibility index (Phi) is 2.25. The Hall–Kier alpha value is -0.0900. The van der Waals surface area contributed by atoms with E-state index in [1.807, 2.05) is 6.92 Å². The van der Waals surface area contributed by atoms with Crippen molar-refractivity contribution in [3.05, 3.63) is 0 Å². The predicted octanol–water partition coefficient (Wildman–Crippen LogP) is 1.25. The van der Waals surface area contributed by atoms with Crippen molar-refractivity contribution < 1.29 is 9.42 Å². The van der Waals surface area contributed by atoms with E-state index in [0.717, 1.165) is 6.42 Å². The zero-order chi connectivity index (χ0) is 8.54. The van der Waals surface area contributed by atoms with Gasteiger partial charge in [0.05, 0.1) is 0 Å². The van der Waals surface area contributed by atoms with Gasteiger partial charge in [0.15, 0.2) is 0 Å². The van der Waals surface area contributed by atoms with Crippen molar-refractivity contribution in [2.45, 2.75) is 13.3 Å². The number of terminal acetylenes is 1. The average Bonchev–Trinajstić information content (AvgIpc) is 1.85. The first kappa shape index (κ1) is 9.00. The van der Waals surface area contributed by atoms with Gasteiger partial charge in [0, 0.05) is 0 Å². The van der Waals surface area contributed by atoms with Crippen LogP contribution in [-0.2, 0) is 4.52 Å². The molecule has 0 aromatic carbocycles. The second-order valence-electron chi connectivity index (χ2n) is 3.66. The van der Waals surface area contributed by atoms with E-state index in [2.05, 4.69) is 5.92 Å². The van der Waals surface area contributed by atoms with Crippen LogP contribution in [0.15, 0.2) is 0 Å². The number of rotatable bonds is 0. The Balaban J connectivity index is 2.69. The maximum atomic E-state index is 9.66. The van der Waals surface area contributed by atoms with Gasteiger partial charge < -0.3 is 0 Å². The van der Waals surface area contributed by atoms with Crippen LogP contribution >= 0.6 is 7.72 Å². The summed E-state index contributed by atoms with van der Waals surface area (Å²) >= 11 is 0.